The third-order valence-electron chi connectivity index (χ3n) is 3.67. The standard InChI is InChI=1S/C16H21N3O5/c1-6-19(9-12-10(2)17-24-18-12)16(20)11-7-13(21-3)15(23-5)14(8-11)22-4/h7-8H,6,9H2,1-5H3. The number of rotatable bonds is 7. The number of carbonyl (C=O) groups excluding carboxylic acids is 1. The zero-order chi connectivity index (χ0) is 17.7. The molecule has 0 fully saturated rings. The lowest BCUT2D eigenvalue weighted by molar-refractivity contribution is 0.0748. The molecule has 0 N–H and O–H groups in total. The Morgan fingerprint density at radius 2 is 1.75 bits per heavy atom. The van der Waals surface area contributed by atoms with E-state index < -0.39 is 0 Å². The van der Waals surface area contributed by atoms with Gasteiger partial charge >= 0.3 is 0 Å². The molecule has 0 spiro atoms. The topological polar surface area (TPSA) is 86.9 Å². The second-order valence-corrected chi connectivity index (χ2v) is 5.03. The van der Waals surface area contributed by atoms with Crippen LogP contribution in [0.15, 0.2) is 16.8 Å². The van der Waals surface area contributed by atoms with Crippen LogP contribution in [0.2, 0.25) is 0 Å². The van der Waals surface area contributed by atoms with E-state index in [0.717, 1.165) is 0 Å². The molecule has 8 nitrogen and oxygen atoms in total. The van der Waals surface area contributed by atoms with Gasteiger partial charge < -0.3 is 19.1 Å². The molecule has 0 saturated heterocycles. The molecule has 0 bridgehead atoms. The molecule has 0 saturated carbocycles. The number of methoxy groups -OCH3 is 3. The van der Waals surface area contributed by atoms with E-state index in [0.29, 0.717) is 47.3 Å². The Bertz CT molecular complexity index is 688. The highest BCUT2D eigenvalue weighted by Gasteiger charge is 2.22. The molecular weight excluding hydrogens is 314 g/mol. The molecule has 0 aliphatic heterocycles. The van der Waals surface area contributed by atoms with Crippen molar-refractivity contribution in [3.63, 3.8) is 0 Å². The van der Waals surface area contributed by atoms with Crippen molar-refractivity contribution in [2.75, 3.05) is 27.9 Å². The molecule has 2 aromatic rings. The summed E-state index contributed by atoms with van der Waals surface area (Å²) < 4.78 is 20.5. The fraction of sp³-hybridized carbons (Fsp3) is 0.438. The Labute approximate surface area is 140 Å². The predicted octanol–water partition coefficient (Wildman–Crippen LogP) is 2.07. The van der Waals surface area contributed by atoms with Crippen molar-refractivity contribution >= 4 is 5.91 Å². The molecule has 1 amide bonds. The smallest absolute Gasteiger partial charge is 0.254 e. The first kappa shape index (κ1) is 17.6. The first-order chi connectivity index (χ1) is 11.5. The van der Waals surface area contributed by atoms with Crippen molar-refractivity contribution in [2.45, 2.75) is 20.4 Å². The summed E-state index contributed by atoms with van der Waals surface area (Å²) >= 11 is 0. The normalized spacial score (nSPS) is 10.4. The Kier molecular flexibility index (Phi) is 5.62. The van der Waals surface area contributed by atoms with Crippen LogP contribution in [0.25, 0.3) is 0 Å². The van der Waals surface area contributed by atoms with E-state index in [-0.39, 0.29) is 5.91 Å². The van der Waals surface area contributed by atoms with Gasteiger partial charge in [-0.15, -0.1) is 0 Å². The van der Waals surface area contributed by atoms with Gasteiger partial charge in [0.1, 0.15) is 11.4 Å². The van der Waals surface area contributed by atoms with Crippen LogP contribution in [0.5, 0.6) is 17.2 Å². The van der Waals surface area contributed by atoms with Gasteiger partial charge in [0, 0.05) is 12.1 Å². The summed E-state index contributed by atoms with van der Waals surface area (Å²) in [5, 5.41) is 7.56. The summed E-state index contributed by atoms with van der Waals surface area (Å²) in [7, 11) is 4.53. The van der Waals surface area contributed by atoms with Crippen LogP contribution in [-0.4, -0.2) is 49.0 Å². The van der Waals surface area contributed by atoms with Gasteiger partial charge in [-0.1, -0.05) is 10.3 Å². The van der Waals surface area contributed by atoms with Crippen molar-refractivity contribution in [3.8, 4) is 17.2 Å². The third-order valence-corrected chi connectivity index (χ3v) is 3.67. The van der Waals surface area contributed by atoms with E-state index in [1.807, 2.05) is 6.92 Å². The van der Waals surface area contributed by atoms with E-state index >= 15 is 0 Å². The molecule has 24 heavy (non-hydrogen) atoms. The van der Waals surface area contributed by atoms with E-state index in [2.05, 4.69) is 14.9 Å². The van der Waals surface area contributed by atoms with Crippen molar-refractivity contribution in [3.05, 3.63) is 29.1 Å². The number of hydrogen-bond donors (Lipinski definition) is 0. The van der Waals surface area contributed by atoms with Gasteiger partial charge in [0.25, 0.3) is 5.91 Å². The highest BCUT2D eigenvalue weighted by Crippen LogP contribution is 2.38. The van der Waals surface area contributed by atoms with Gasteiger partial charge in [-0.05, 0) is 26.0 Å². The first-order valence-corrected chi connectivity index (χ1v) is 7.43. The minimum Gasteiger partial charge on any atom is -0.493 e. The molecule has 0 radical (unpaired) electrons. The maximum absolute atomic E-state index is 12.8. The fourth-order valence-electron chi connectivity index (χ4n) is 2.29. The second kappa shape index (κ2) is 7.67. The molecule has 1 aromatic carbocycles. The van der Waals surface area contributed by atoms with Gasteiger partial charge in [0.05, 0.1) is 27.9 Å². The summed E-state index contributed by atoms with van der Waals surface area (Å²) in [5.41, 5.74) is 1.71. The number of aryl methyl sites for hydroxylation is 1. The molecule has 130 valence electrons. The lowest BCUT2D eigenvalue weighted by atomic mass is 10.1. The molecule has 0 aliphatic carbocycles. The summed E-state index contributed by atoms with van der Waals surface area (Å²) in [4.78, 5) is 14.5. The molecule has 1 aromatic heterocycles. The molecule has 8 heteroatoms. The third kappa shape index (κ3) is 3.42. The Morgan fingerprint density at radius 3 is 2.17 bits per heavy atom. The van der Waals surface area contributed by atoms with Crippen molar-refractivity contribution in [1.29, 1.82) is 0 Å². The predicted molar refractivity (Wildman–Crippen MR) is 85.5 cm³/mol. The van der Waals surface area contributed by atoms with Gasteiger partial charge in [0.2, 0.25) is 5.75 Å². The Hall–Kier alpha value is -2.77. The number of benzene rings is 1. The van der Waals surface area contributed by atoms with Crippen LogP contribution < -0.4 is 14.2 Å². The summed E-state index contributed by atoms with van der Waals surface area (Å²) in [6.07, 6.45) is 0. The van der Waals surface area contributed by atoms with Crippen LogP contribution >= 0.6 is 0 Å². The molecular formula is C16H21N3O5. The lowest BCUT2D eigenvalue weighted by Gasteiger charge is -2.21. The number of carbonyl (C=O) groups is 1. The monoisotopic (exact) mass is 335 g/mol. The van der Waals surface area contributed by atoms with Gasteiger partial charge in [-0.3, -0.25) is 4.79 Å². The van der Waals surface area contributed by atoms with Crippen molar-refractivity contribution < 1.29 is 23.6 Å². The van der Waals surface area contributed by atoms with Crippen molar-refractivity contribution in [1.82, 2.24) is 15.2 Å². The van der Waals surface area contributed by atoms with Gasteiger partial charge in [-0.2, -0.15) is 0 Å². The highest BCUT2D eigenvalue weighted by atomic mass is 16.6. The molecule has 0 aliphatic rings. The zero-order valence-corrected chi connectivity index (χ0v) is 14.5. The van der Waals surface area contributed by atoms with Crippen LogP contribution in [0.1, 0.15) is 28.7 Å². The first-order valence-electron chi connectivity index (χ1n) is 7.43. The average Bonchev–Trinajstić information content (AvgIpc) is 3.02. The Balaban J connectivity index is 2.34. The van der Waals surface area contributed by atoms with Crippen LogP contribution in [0, 0.1) is 6.92 Å². The fourth-order valence-corrected chi connectivity index (χ4v) is 2.29. The number of hydrogen-bond acceptors (Lipinski definition) is 7. The van der Waals surface area contributed by atoms with E-state index in [1.165, 1.54) is 21.3 Å². The van der Waals surface area contributed by atoms with Gasteiger partial charge in [0.15, 0.2) is 11.5 Å². The Morgan fingerprint density at radius 1 is 1.12 bits per heavy atom. The molecule has 0 atom stereocenters. The van der Waals surface area contributed by atoms with Crippen LogP contribution in [0.4, 0.5) is 0 Å². The van der Waals surface area contributed by atoms with Gasteiger partial charge in [-0.25, -0.2) is 4.63 Å². The van der Waals surface area contributed by atoms with Crippen LogP contribution in [-0.2, 0) is 6.54 Å². The van der Waals surface area contributed by atoms with Crippen molar-refractivity contribution in [2.24, 2.45) is 0 Å². The number of ether oxygens (including phenoxy) is 3. The van der Waals surface area contributed by atoms with E-state index in [1.54, 1.807) is 24.0 Å². The summed E-state index contributed by atoms with van der Waals surface area (Å²) in [6, 6.07) is 3.25. The quantitative estimate of drug-likeness (QED) is 0.765. The maximum atomic E-state index is 12.8. The average molecular weight is 335 g/mol. The molecule has 0 unspecified atom stereocenters. The minimum absolute atomic E-state index is 0.181. The molecule has 2 rings (SSSR count). The van der Waals surface area contributed by atoms with E-state index in [9.17, 15) is 4.79 Å². The van der Waals surface area contributed by atoms with E-state index in [4.69, 9.17) is 14.2 Å². The number of nitrogens with zero attached hydrogens (tertiary/aromatic N) is 3. The van der Waals surface area contributed by atoms with Crippen LogP contribution in [0.3, 0.4) is 0 Å². The second-order valence-electron chi connectivity index (χ2n) is 5.03. The number of amides is 1. The SMILES string of the molecule is CCN(Cc1nonc1C)C(=O)c1cc(OC)c(OC)c(OC)c1. The number of aromatic nitrogens is 2. The molecule has 1 heterocycles. The maximum Gasteiger partial charge on any atom is 0.254 e. The summed E-state index contributed by atoms with van der Waals surface area (Å²) in [6.45, 7) is 4.48. The summed E-state index contributed by atoms with van der Waals surface area (Å²) in [5.74, 6) is 1.11. The largest absolute Gasteiger partial charge is 0.493 e. The zero-order valence-electron chi connectivity index (χ0n) is 14.5. The lowest BCUT2D eigenvalue weighted by Crippen LogP contribution is -2.30. The minimum atomic E-state index is -0.181. The highest BCUT2D eigenvalue weighted by molar-refractivity contribution is 5.95.